The standard InChI is InChI=1S/C21H28N2O.2ClH/c1-2-24-20-10-9-17-5-3-4-6-18(17)21(20)19(15-16-7-8-16)23-13-11-22-12-14-23;;/h3-6,9-10,16,19,22H,2,7-8,11-15H2,1H3;2*1H/t19-;;/m0../s1. The average molecular weight is 397 g/mol. The Morgan fingerprint density at radius 1 is 1.08 bits per heavy atom. The van der Waals surface area contributed by atoms with Crippen molar-refractivity contribution in [1.82, 2.24) is 10.2 Å². The van der Waals surface area contributed by atoms with E-state index in [1.807, 2.05) is 0 Å². The largest absolute Gasteiger partial charge is 0.494 e. The highest BCUT2D eigenvalue weighted by Gasteiger charge is 2.32. The molecule has 0 bridgehead atoms. The van der Waals surface area contributed by atoms with Crippen LogP contribution < -0.4 is 10.1 Å². The van der Waals surface area contributed by atoms with Gasteiger partial charge in [0.15, 0.2) is 0 Å². The van der Waals surface area contributed by atoms with E-state index < -0.39 is 0 Å². The first-order valence-corrected chi connectivity index (χ1v) is 9.46. The predicted octanol–water partition coefficient (Wildman–Crippen LogP) is 4.83. The van der Waals surface area contributed by atoms with E-state index in [9.17, 15) is 0 Å². The number of hydrogen-bond donors (Lipinski definition) is 1. The maximum absolute atomic E-state index is 6.08. The molecule has 1 aliphatic carbocycles. The van der Waals surface area contributed by atoms with Gasteiger partial charge in [-0.3, -0.25) is 4.90 Å². The Balaban J connectivity index is 0.00000121. The zero-order valence-corrected chi connectivity index (χ0v) is 17.1. The van der Waals surface area contributed by atoms with Crippen molar-refractivity contribution in [3.63, 3.8) is 0 Å². The first kappa shape index (κ1) is 21.3. The van der Waals surface area contributed by atoms with Gasteiger partial charge in [0.2, 0.25) is 0 Å². The summed E-state index contributed by atoms with van der Waals surface area (Å²) >= 11 is 0. The first-order chi connectivity index (χ1) is 11.9. The Labute approximate surface area is 169 Å². The molecule has 4 rings (SSSR count). The van der Waals surface area contributed by atoms with Gasteiger partial charge in [0, 0.05) is 37.8 Å². The second-order valence-electron chi connectivity index (χ2n) is 7.11. The highest BCUT2D eigenvalue weighted by Crippen LogP contribution is 2.44. The zero-order valence-electron chi connectivity index (χ0n) is 15.4. The Kier molecular flexibility index (Phi) is 8.03. The van der Waals surface area contributed by atoms with Gasteiger partial charge in [-0.1, -0.05) is 43.2 Å². The summed E-state index contributed by atoms with van der Waals surface area (Å²) < 4.78 is 6.08. The summed E-state index contributed by atoms with van der Waals surface area (Å²) in [5.74, 6) is 1.98. The van der Waals surface area contributed by atoms with E-state index >= 15 is 0 Å². The molecule has 2 aromatic carbocycles. The van der Waals surface area contributed by atoms with Crippen molar-refractivity contribution in [3.05, 3.63) is 42.0 Å². The normalized spacial score (nSPS) is 18.7. The molecule has 0 aromatic heterocycles. The fourth-order valence-electron chi connectivity index (χ4n) is 4.01. The Bertz CT molecular complexity index is 699. The molecule has 5 heteroatoms. The van der Waals surface area contributed by atoms with Crippen LogP contribution in [0.15, 0.2) is 36.4 Å². The van der Waals surface area contributed by atoms with Crippen molar-refractivity contribution >= 4 is 35.6 Å². The number of rotatable bonds is 6. The van der Waals surface area contributed by atoms with Crippen LogP contribution in [0.3, 0.4) is 0 Å². The minimum atomic E-state index is 0. The molecular weight excluding hydrogens is 367 g/mol. The van der Waals surface area contributed by atoms with Crippen LogP contribution in [0.2, 0.25) is 0 Å². The molecule has 0 amide bonds. The molecule has 0 unspecified atom stereocenters. The Morgan fingerprint density at radius 2 is 1.81 bits per heavy atom. The van der Waals surface area contributed by atoms with Crippen molar-refractivity contribution in [3.8, 4) is 5.75 Å². The minimum Gasteiger partial charge on any atom is -0.494 e. The van der Waals surface area contributed by atoms with Gasteiger partial charge in [-0.25, -0.2) is 0 Å². The van der Waals surface area contributed by atoms with Gasteiger partial charge >= 0.3 is 0 Å². The number of nitrogens with one attached hydrogen (secondary N) is 1. The monoisotopic (exact) mass is 396 g/mol. The number of hydrogen-bond acceptors (Lipinski definition) is 3. The van der Waals surface area contributed by atoms with Gasteiger partial charge < -0.3 is 10.1 Å². The van der Waals surface area contributed by atoms with Crippen molar-refractivity contribution < 1.29 is 4.74 Å². The molecule has 0 radical (unpaired) electrons. The molecule has 0 spiro atoms. The number of fused-ring (bicyclic) bond motifs is 1. The van der Waals surface area contributed by atoms with Crippen molar-refractivity contribution in [2.45, 2.75) is 32.2 Å². The maximum Gasteiger partial charge on any atom is 0.124 e. The SMILES string of the molecule is CCOc1ccc2ccccc2c1[C@H](CC1CC1)N1CCNCC1.Cl.Cl. The van der Waals surface area contributed by atoms with E-state index in [0.29, 0.717) is 6.04 Å². The minimum absolute atomic E-state index is 0. The summed E-state index contributed by atoms with van der Waals surface area (Å²) in [6.45, 7) is 7.26. The molecule has 2 aliphatic rings. The maximum atomic E-state index is 6.08. The smallest absolute Gasteiger partial charge is 0.124 e. The lowest BCUT2D eigenvalue weighted by Crippen LogP contribution is -2.45. The summed E-state index contributed by atoms with van der Waals surface area (Å²) in [4.78, 5) is 2.68. The van der Waals surface area contributed by atoms with Crippen LogP contribution in [-0.4, -0.2) is 37.7 Å². The molecule has 1 saturated carbocycles. The van der Waals surface area contributed by atoms with Gasteiger partial charge in [-0.15, -0.1) is 24.8 Å². The molecule has 3 nitrogen and oxygen atoms in total. The molecule has 1 atom stereocenters. The van der Waals surface area contributed by atoms with E-state index in [1.165, 1.54) is 35.6 Å². The molecule has 26 heavy (non-hydrogen) atoms. The van der Waals surface area contributed by atoms with Crippen molar-refractivity contribution in [1.29, 1.82) is 0 Å². The quantitative estimate of drug-likeness (QED) is 0.756. The lowest BCUT2D eigenvalue weighted by atomic mass is 9.92. The average Bonchev–Trinajstić information content (AvgIpc) is 3.45. The number of ether oxygens (including phenoxy) is 1. The van der Waals surface area contributed by atoms with Crippen molar-refractivity contribution in [2.24, 2.45) is 5.92 Å². The number of halogens is 2. The van der Waals surface area contributed by atoms with Gasteiger partial charge in [0.05, 0.1) is 6.61 Å². The van der Waals surface area contributed by atoms with Crippen LogP contribution in [0.4, 0.5) is 0 Å². The molecule has 1 saturated heterocycles. The van der Waals surface area contributed by atoms with Crippen LogP contribution in [-0.2, 0) is 0 Å². The van der Waals surface area contributed by atoms with Gasteiger partial charge in [0.1, 0.15) is 5.75 Å². The van der Waals surface area contributed by atoms with E-state index in [-0.39, 0.29) is 24.8 Å². The van der Waals surface area contributed by atoms with Crippen LogP contribution in [0, 0.1) is 5.92 Å². The molecule has 1 aliphatic heterocycles. The van der Waals surface area contributed by atoms with E-state index in [2.05, 4.69) is 53.5 Å². The zero-order chi connectivity index (χ0) is 16.4. The van der Waals surface area contributed by atoms with Crippen LogP contribution in [0.5, 0.6) is 5.75 Å². The Hall–Kier alpha value is -1.00. The molecule has 144 valence electrons. The third-order valence-corrected chi connectivity index (χ3v) is 5.41. The summed E-state index contributed by atoms with van der Waals surface area (Å²) in [7, 11) is 0. The van der Waals surface area contributed by atoms with Crippen LogP contribution in [0.25, 0.3) is 10.8 Å². The first-order valence-electron chi connectivity index (χ1n) is 9.46. The number of piperazine rings is 1. The summed E-state index contributed by atoms with van der Waals surface area (Å²) in [5.41, 5.74) is 1.42. The fourth-order valence-corrected chi connectivity index (χ4v) is 4.01. The molecular formula is C21H30Cl2N2O. The van der Waals surface area contributed by atoms with Crippen LogP contribution >= 0.6 is 24.8 Å². The van der Waals surface area contributed by atoms with E-state index in [1.54, 1.807) is 0 Å². The summed E-state index contributed by atoms with van der Waals surface area (Å²) in [6.07, 6.45) is 4.07. The summed E-state index contributed by atoms with van der Waals surface area (Å²) in [6, 6.07) is 13.7. The molecule has 1 N–H and O–H groups in total. The highest BCUT2D eigenvalue weighted by atomic mass is 35.5. The second-order valence-corrected chi connectivity index (χ2v) is 7.11. The number of nitrogens with zero attached hydrogens (tertiary/aromatic N) is 1. The van der Waals surface area contributed by atoms with Crippen molar-refractivity contribution in [2.75, 3.05) is 32.8 Å². The third-order valence-electron chi connectivity index (χ3n) is 5.41. The second kappa shape index (κ2) is 9.80. The Morgan fingerprint density at radius 3 is 2.50 bits per heavy atom. The topological polar surface area (TPSA) is 24.5 Å². The van der Waals surface area contributed by atoms with Crippen LogP contribution in [0.1, 0.15) is 37.8 Å². The number of benzene rings is 2. The lowest BCUT2D eigenvalue weighted by Gasteiger charge is -2.36. The highest BCUT2D eigenvalue weighted by molar-refractivity contribution is 5.88. The van der Waals surface area contributed by atoms with E-state index in [0.717, 1.165) is 44.5 Å². The molecule has 2 aromatic rings. The fraction of sp³-hybridized carbons (Fsp3) is 0.524. The van der Waals surface area contributed by atoms with Gasteiger partial charge in [0.25, 0.3) is 0 Å². The van der Waals surface area contributed by atoms with Gasteiger partial charge in [-0.05, 0) is 36.1 Å². The molecule has 2 fully saturated rings. The third kappa shape index (κ3) is 4.64. The van der Waals surface area contributed by atoms with Gasteiger partial charge in [-0.2, -0.15) is 0 Å². The predicted molar refractivity (Wildman–Crippen MR) is 114 cm³/mol. The summed E-state index contributed by atoms with van der Waals surface area (Å²) in [5, 5.41) is 6.19. The lowest BCUT2D eigenvalue weighted by molar-refractivity contribution is 0.158. The van der Waals surface area contributed by atoms with E-state index in [4.69, 9.17) is 4.74 Å². The molecule has 1 heterocycles.